The number of nitrogens with zero attached hydrogens (tertiary/aromatic N) is 2. The predicted octanol–water partition coefficient (Wildman–Crippen LogP) is 5.43. The molecule has 0 spiro atoms. The molecule has 1 aliphatic heterocycles. The highest BCUT2D eigenvalue weighted by Crippen LogP contribution is 2.50. The van der Waals surface area contributed by atoms with Gasteiger partial charge in [0.05, 0.1) is 12.2 Å². The van der Waals surface area contributed by atoms with Gasteiger partial charge in [-0.2, -0.15) is 26.3 Å². The lowest BCUT2D eigenvalue weighted by atomic mass is 9.90. The first kappa shape index (κ1) is 28.9. The van der Waals surface area contributed by atoms with Crippen LogP contribution in [0.2, 0.25) is 0 Å². The highest BCUT2D eigenvalue weighted by Gasteiger charge is 2.71. The van der Waals surface area contributed by atoms with Crippen molar-refractivity contribution < 1.29 is 45.8 Å². The topological polar surface area (TPSA) is 108 Å². The van der Waals surface area contributed by atoms with Crippen molar-refractivity contribution in [3.8, 4) is 11.6 Å². The Kier molecular flexibility index (Phi) is 7.34. The number of aromatic amines is 1. The molecular formula is C26H24F6N4O4. The van der Waals surface area contributed by atoms with E-state index in [1.165, 1.54) is 18.3 Å². The average Bonchev–Trinajstić information content (AvgIpc) is 3.48. The lowest BCUT2D eigenvalue weighted by Crippen LogP contribution is -2.53. The van der Waals surface area contributed by atoms with Crippen molar-refractivity contribution in [2.75, 3.05) is 0 Å². The van der Waals surface area contributed by atoms with E-state index < -0.39 is 41.0 Å². The lowest BCUT2D eigenvalue weighted by molar-refractivity contribution is -0.376. The second kappa shape index (κ2) is 10.2. The number of carbonyl (C=O) groups excluding carboxylic acids is 2. The first-order valence-corrected chi connectivity index (χ1v) is 12.0. The van der Waals surface area contributed by atoms with Crippen LogP contribution in [0.5, 0.6) is 11.6 Å². The Morgan fingerprint density at radius 1 is 1.05 bits per heavy atom. The molecule has 14 heteroatoms. The van der Waals surface area contributed by atoms with Crippen molar-refractivity contribution in [1.29, 1.82) is 0 Å². The summed E-state index contributed by atoms with van der Waals surface area (Å²) in [7, 11) is 0. The Morgan fingerprint density at radius 3 is 2.35 bits per heavy atom. The van der Waals surface area contributed by atoms with Gasteiger partial charge in [0.25, 0.3) is 11.5 Å². The van der Waals surface area contributed by atoms with Crippen molar-refractivity contribution in [2.45, 2.75) is 56.7 Å². The normalized spacial score (nSPS) is 18.3. The summed E-state index contributed by atoms with van der Waals surface area (Å²) in [6.45, 7) is 3.05. The van der Waals surface area contributed by atoms with Crippen LogP contribution in [0.15, 0.2) is 54.9 Å². The summed E-state index contributed by atoms with van der Waals surface area (Å²) < 4.78 is 86.0. The number of hydrogen-bond acceptors (Lipinski definition) is 5. The molecule has 0 radical (unpaired) electrons. The third kappa shape index (κ3) is 4.98. The molecule has 1 aliphatic rings. The SMILES string of the molecule is CCCc1cc(C(O)(C(F)(F)F)C(F)(F)F)ccc1Oc1cc(CN2C(=O)NC(C)(c3ccc[nH]3)C2=O)ccn1. The summed E-state index contributed by atoms with van der Waals surface area (Å²) in [6, 6.07) is 7.61. The number of ether oxygens (including phenoxy) is 1. The number of pyridine rings is 1. The van der Waals surface area contributed by atoms with E-state index in [0.29, 0.717) is 29.8 Å². The van der Waals surface area contributed by atoms with Gasteiger partial charge in [0.2, 0.25) is 5.88 Å². The minimum Gasteiger partial charge on any atom is -0.439 e. The average molecular weight is 570 g/mol. The zero-order chi connectivity index (χ0) is 29.5. The Morgan fingerprint density at radius 2 is 1.75 bits per heavy atom. The fourth-order valence-electron chi connectivity index (χ4n) is 4.42. The summed E-state index contributed by atoms with van der Waals surface area (Å²) in [5, 5.41) is 12.4. The molecule has 1 atom stereocenters. The van der Waals surface area contributed by atoms with Gasteiger partial charge in [-0.15, -0.1) is 0 Å². The molecule has 0 saturated carbocycles. The Labute approximate surface area is 224 Å². The maximum Gasteiger partial charge on any atom is 0.430 e. The summed E-state index contributed by atoms with van der Waals surface area (Å²) in [5.41, 5.74) is -6.89. The molecule has 3 N–H and O–H groups in total. The van der Waals surface area contributed by atoms with Gasteiger partial charge in [0.1, 0.15) is 5.75 Å². The second-order valence-electron chi connectivity index (χ2n) is 9.41. The van der Waals surface area contributed by atoms with Crippen LogP contribution in [0, 0.1) is 0 Å². The number of halogens is 6. The molecule has 1 saturated heterocycles. The monoisotopic (exact) mass is 570 g/mol. The van der Waals surface area contributed by atoms with Gasteiger partial charge in [-0.05, 0) is 54.8 Å². The van der Waals surface area contributed by atoms with Crippen molar-refractivity contribution >= 4 is 11.9 Å². The molecule has 0 bridgehead atoms. The molecule has 3 heterocycles. The van der Waals surface area contributed by atoms with E-state index in [-0.39, 0.29) is 30.2 Å². The summed E-state index contributed by atoms with van der Waals surface area (Å²) in [6.07, 6.45) is -8.75. The van der Waals surface area contributed by atoms with Gasteiger partial charge in [0, 0.05) is 24.0 Å². The van der Waals surface area contributed by atoms with Crippen molar-refractivity contribution in [1.82, 2.24) is 20.2 Å². The lowest BCUT2D eigenvalue weighted by Gasteiger charge is -2.33. The third-order valence-electron chi connectivity index (χ3n) is 6.58. The highest BCUT2D eigenvalue weighted by atomic mass is 19.4. The molecular weight excluding hydrogens is 546 g/mol. The third-order valence-corrected chi connectivity index (χ3v) is 6.58. The number of aliphatic hydroxyl groups is 1. The number of imide groups is 1. The van der Waals surface area contributed by atoms with Crippen molar-refractivity contribution in [3.05, 3.63) is 77.2 Å². The first-order valence-electron chi connectivity index (χ1n) is 12.0. The number of aromatic nitrogens is 2. The van der Waals surface area contributed by atoms with E-state index in [4.69, 9.17) is 4.74 Å². The molecule has 8 nitrogen and oxygen atoms in total. The number of aryl methyl sites for hydroxylation is 1. The molecule has 3 aromatic rings. The molecule has 4 rings (SSSR count). The van der Waals surface area contributed by atoms with Gasteiger partial charge in [0.15, 0.2) is 5.54 Å². The fraction of sp³-hybridized carbons (Fsp3) is 0.346. The molecule has 40 heavy (non-hydrogen) atoms. The van der Waals surface area contributed by atoms with E-state index in [1.807, 2.05) is 0 Å². The minimum atomic E-state index is -6.02. The molecule has 214 valence electrons. The molecule has 3 amide bonds. The highest BCUT2D eigenvalue weighted by molar-refractivity contribution is 6.06. The number of alkyl halides is 6. The minimum absolute atomic E-state index is 0.0186. The van der Waals surface area contributed by atoms with Gasteiger partial charge in [-0.25, -0.2) is 9.78 Å². The largest absolute Gasteiger partial charge is 0.439 e. The smallest absolute Gasteiger partial charge is 0.430 e. The standard InChI is InChI=1S/C26H24F6N4O4/c1-3-5-16-13-17(24(39,25(27,28)29)26(30,31)32)7-8-18(16)40-20-12-15(9-11-34-20)14-36-21(37)23(2,35-22(36)38)19-6-4-10-33-19/h4,6-13,33,39H,3,5,14H2,1-2H3,(H,35,38). The van der Waals surface area contributed by atoms with E-state index in [1.54, 1.807) is 32.2 Å². The Bertz CT molecular complexity index is 1390. The van der Waals surface area contributed by atoms with Gasteiger partial charge >= 0.3 is 18.4 Å². The number of urea groups is 1. The summed E-state index contributed by atoms with van der Waals surface area (Å²) in [4.78, 5) is 33.6. The molecule has 1 fully saturated rings. The van der Waals surface area contributed by atoms with E-state index >= 15 is 0 Å². The predicted molar refractivity (Wildman–Crippen MR) is 128 cm³/mol. The van der Waals surface area contributed by atoms with E-state index in [9.17, 15) is 41.0 Å². The van der Waals surface area contributed by atoms with Crippen LogP contribution in [0.1, 0.15) is 42.7 Å². The summed E-state index contributed by atoms with van der Waals surface area (Å²) >= 11 is 0. The van der Waals surface area contributed by atoms with E-state index in [0.717, 1.165) is 11.0 Å². The number of nitrogens with one attached hydrogen (secondary N) is 2. The maximum atomic E-state index is 13.4. The van der Waals surface area contributed by atoms with Gasteiger partial charge in [-0.1, -0.05) is 19.4 Å². The molecule has 1 unspecified atom stereocenters. The van der Waals surface area contributed by atoms with E-state index in [2.05, 4.69) is 15.3 Å². The van der Waals surface area contributed by atoms with Gasteiger partial charge in [-0.3, -0.25) is 9.69 Å². The van der Waals surface area contributed by atoms with Crippen molar-refractivity contribution in [2.24, 2.45) is 0 Å². The Hall–Kier alpha value is -4.07. The zero-order valence-electron chi connectivity index (χ0n) is 21.2. The summed E-state index contributed by atoms with van der Waals surface area (Å²) in [5.74, 6) is -0.665. The molecule has 1 aromatic carbocycles. The maximum absolute atomic E-state index is 13.4. The van der Waals surface area contributed by atoms with Crippen LogP contribution >= 0.6 is 0 Å². The van der Waals surface area contributed by atoms with Crippen LogP contribution in [-0.2, 0) is 28.9 Å². The van der Waals surface area contributed by atoms with Gasteiger partial charge < -0.3 is 20.1 Å². The quantitative estimate of drug-likeness (QED) is 0.247. The van der Waals surface area contributed by atoms with Crippen LogP contribution in [0.4, 0.5) is 31.1 Å². The number of amides is 3. The number of carbonyl (C=O) groups is 2. The number of hydrogen-bond donors (Lipinski definition) is 3. The zero-order valence-corrected chi connectivity index (χ0v) is 21.2. The first-order chi connectivity index (χ1) is 18.6. The van der Waals surface area contributed by atoms with Crippen LogP contribution in [0.3, 0.4) is 0 Å². The molecule has 2 aromatic heterocycles. The number of H-pyrrole nitrogens is 1. The second-order valence-corrected chi connectivity index (χ2v) is 9.41. The van der Waals surface area contributed by atoms with Crippen LogP contribution < -0.4 is 10.1 Å². The van der Waals surface area contributed by atoms with Crippen LogP contribution in [-0.4, -0.2) is 44.3 Å². The van der Waals surface area contributed by atoms with Crippen molar-refractivity contribution in [3.63, 3.8) is 0 Å². The van der Waals surface area contributed by atoms with Crippen LogP contribution in [0.25, 0.3) is 0 Å². The number of benzene rings is 1. The Balaban J connectivity index is 1.60. The number of rotatable bonds is 8. The fourth-order valence-corrected chi connectivity index (χ4v) is 4.42. The molecule has 0 aliphatic carbocycles.